The Bertz CT molecular complexity index is 1460. The number of nitrogens with one attached hydrogen (secondary N) is 1. The molecular weight excluding hydrogens is 519 g/mol. The average molecular weight is 547 g/mol. The van der Waals surface area contributed by atoms with Gasteiger partial charge in [0.2, 0.25) is 5.91 Å². The molecule has 0 saturated carbocycles. The number of halogens is 1. The third-order valence-electron chi connectivity index (χ3n) is 6.51. The van der Waals surface area contributed by atoms with Crippen molar-refractivity contribution in [3.63, 3.8) is 0 Å². The Morgan fingerprint density at radius 1 is 1.08 bits per heavy atom. The lowest BCUT2D eigenvalue weighted by Crippen LogP contribution is -2.25. The summed E-state index contributed by atoms with van der Waals surface area (Å²) >= 11 is 1.22. The minimum atomic E-state index is -0.690. The van der Waals surface area contributed by atoms with Gasteiger partial charge in [-0.2, -0.15) is 10.1 Å². The lowest BCUT2D eigenvalue weighted by Gasteiger charge is -2.23. The van der Waals surface area contributed by atoms with Gasteiger partial charge in [-0.25, -0.2) is 9.40 Å². The van der Waals surface area contributed by atoms with Gasteiger partial charge in [-0.15, -0.1) is 0 Å². The topological polar surface area (TPSA) is 92.6 Å². The molecule has 200 valence electrons. The van der Waals surface area contributed by atoms with E-state index in [9.17, 15) is 14.0 Å². The number of hydrazone groups is 1. The number of hydrogen-bond acceptors (Lipinski definition) is 7. The number of nitrogens with zero attached hydrogens (tertiary/aromatic N) is 3. The van der Waals surface area contributed by atoms with Crippen LogP contribution in [0.5, 0.6) is 11.5 Å². The highest BCUT2D eigenvalue weighted by Crippen LogP contribution is 2.40. The molecule has 0 aromatic heterocycles. The number of ether oxygens (including phenoxy) is 2. The number of hydrogen-bond donors (Lipinski definition) is 1. The van der Waals surface area contributed by atoms with Crippen molar-refractivity contribution in [3.8, 4) is 11.5 Å². The highest BCUT2D eigenvalue weighted by molar-refractivity contribution is 8.15. The summed E-state index contributed by atoms with van der Waals surface area (Å²) in [6.07, 6.45) is 0.479. The first-order chi connectivity index (χ1) is 18.8. The number of amides is 2. The van der Waals surface area contributed by atoms with Crippen LogP contribution in [-0.2, 0) is 9.59 Å². The van der Waals surface area contributed by atoms with E-state index >= 15 is 0 Å². The minimum absolute atomic E-state index is 0.0722. The molecule has 39 heavy (non-hydrogen) atoms. The van der Waals surface area contributed by atoms with Gasteiger partial charge in [0.25, 0.3) is 5.91 Å². The van der Waals surface area contributed by atoms with Crippen LogP contribution in [-0.4, -0.2) is 47.2 Å². The van der Waals surface area contributed by atoms with E-state index in [-0.39, 0.29) is 18.4 Å². The van der Waals surface area contributed by atoms with Crippen LogP contribution in [0.15, 0.2) is 76.8 Å². The van der Waals surface area contributed by atoms with Crippen LogP contribution in [0.3, 0.4) is 0 Å². The summed E-state index contributed by atoms with van der Waals surface area (Å²) in [5.41, 5.74) is 4.17. The van der Waals surface area contributed by atoms with E-state index in [4.69, 9.17) is 14.6 Å². The normalized spacial score (nSPS) is 18.6. The van der Waals surface area contributed by atoms with Gasteiger partial charge in [0.1, 0.15) is 22.6 Å². The smallest absolute Gasteiger partial charge is 0.262 e. The van der Waals surface area contributed by atoms with Gasteiger partial charge in [0.15, 0.2) is 5.17 Å². The Balaban J connectivity index is 1.40. The molecule has 10 heteroatoms. The zero-order valence-corrected chi connectivity index (χ0v) is 22.5. The van der Waals surface area contributed by atoms with Gasteiger partial charge in [-0.3, -0.25) is 9.59 Å². The van der Waals surface area contributed by atoms with E-state index < -0.39 is 17.0 Å². The van der Waals surface area contributed by atoms with Crippen molar-refractivity contribution in [2.24, 2.45) is 10.1 Å². The fraction of sp³-hybridized carbons (Fsp3) is 0.241. The molecule has 0 bridgehead atoms. The first-order valence-corrected chi connectivity index (χ1v) is 13.2. The van der Waals surface area contributed by atoms with Gasteiger partial charge in [0, 0.05) is 24.1 Å². The first kappa shape index (κ1) is 26.4. The van der Waals surface area contributed by atoms with Crippen molar-refractivity contribution < 1.29 is 23.5 Å². The predicted molar refractivity (Wildman–Crippen MR) is 150 cm³/mol. The second kappa shape index (κ2) is 11.3. The number of methoxy groups -OCH3 is 2. The zero-order valence-electron chi connectivity index (χ0n) is 21.7. The first-order valence-electron chi connectivity index (χ1n) is 12.3. The highest BCUT2D eigenvalue weighted by Gasteiger charge is 2.39. The van der Waals surface area contributed by atoms with E-state index in [0.29, 0.717) is 28.8 Å². The maximum atomic E-state index is 13.2. The molecule has 1 N–H and O–H groups in total. The summed E-state index contributed by atoms with van der Waals surface area (Å²) in [6, 6.07) is 19.0. The molecule has 0 unspecified atom stereocenters. The van der Waals surface area contributed by atoms with Crippen molar-refractivity contribution in [1.29, 1.82) is 0 Å². The SMILES string of the molecule is COc1ccc(OC)c(C2=NN(C3=NC(=O)[C@H](CC(=O)Nc4ccc(F)cc4)S3)[C@@H](c3ccc(C)cc3)C2)c1. The Hall–Kier alpha value is -4.18. The van der Waals surface area contributed by atoms with Gasteiger partial charge < -0.3 is 14.8 Å². The molecule has 3 aromatic carbocycles. The molecule has 0 spiro atoms. The number of amidine groups is 1. The summed E-state index contributed by atoms with van der Waals surface area (Å²) < 4.78 is 24.2. The quantitative estimate of drug-likeness (QED) is 0.431. The summed E-state index contributed by atoms with van der Waals surface area (Å²) in [7, 11) is 3.21. The molecule has 3 aromatic rings. The average Bonchev–Trinajstić information content (AvgIpc) is 3.54. The van der Waals surface area contributed by atoms with Crippen LogP contribution in [0.1, 0.15) is 35.6 Å². The zero-order chi connectivity index (χ0) is 27.5. The van der Waals surface area contributed by atoms with Gasteiger partial charge in [0.05, 0.1) is 26.0 Å². The van der Waals surface area contributed by atoms with Crippen molar-refractivity contribution in [2.45, 2.75) is 31.1 Å². The van der Waals surface area contributed by atoms with E-state index in [1.54, 1.807) is 19.2 Å². The summed E-state index contributed by atoms with van der Waals surface area (Å²) in [5, 5.41) is 9.11. The van der Waals surface area contributed by atoms with E-state index in [1.165, 1.54) is 36.0 Å². The Labute approximate surface area is 229 Å². The highest BCUT2D eigenvalue weighted by atomic mass is 32.2. The van der Waals surface area contributed by atoms with Crippen LogP contribution >= 0.6 is 11.8 Å². The van der Waals surface area contributed by atoms with Crippen molar-refractivity contribution in [1.82, 2.24) is 5.01 Å². The van der Waals surface area contributed by atoms with Crippen molar-refractivity contribution in [2.75, 3.05) is 19.5 Å². The number of rotatable bonds is 7. The Morgan fingerprint density at radius 3 is 2.51 bits per heavy atom. The summed E-state index contributed by atoms with van der Waals surface area (Å²) in [4.78, 5) is 29.8. The molecule has 0 fully saturated rings. The molecule has 2 atom stereocenters. The molecule has 2 heterocycles. The van der Waals surface area contributed by atoms with E-state index in [2.05, 4.69) is 10.3 Å². The lowest BCUT2D eigenvalue weighted by atomic mass is 9.97. The molecule has 2 amide bonds. The number of aliphatic imine (C=N–C) groups is 1. The number of carbonyl (C=O) groups is 2. The molecule has 0 radical (unpaired) electrons. The maximum absolute atomic E-state index is 13.2. The summed E-state index contributed by atoms with van der Waals surface area (Å²) in [5.74, 6) is 0.188. The van der Waals surface area contributed by atoms with E-state index in [0.717, 1.165) is 22.4 Å². The van der Waals surface area contributed by atoms with Gasteiger partial charge >= 0.3 is 0 Å². The largest absolute Gasteiger partial charge is 0.497 e. The molecule has 5 rings (SSSR count). The third kappa shape index (κ3) is 5.80. The standard InChI is InChI=1S/C29H27FN4O4S/c1-17-4-6-18(7-5-17)24-15-23(22-14-21(37-2)12-13-25(22)38-3)33-34(24)29-32-28(36)26(39-29)16-27(35)31-20-10-8-19(30)9-11-20/h4-14,24,26H,15-16H2,1-3H3,(H,31,35)/t24-,26+/m1/s1. The lowest BCUT2D eigenvalue weighted by molar-refractivity contribution is -0.121. The molecule has 2 aliphatic rings. The van der Waals surface area contributed by atoms with E-state index in [1.807, 2.05) is 49.4 Å². The number of anilines is 1. The van der Waals surface area contributed by atoms with Crippen LogP contribution < -0.4 is 14.8 Å². The Morgan fingerprint density at radius 2 is 1.82 bits per heavy atom. The van der Waals surface area contributed by atoms with Crippen LogP contribution in [0, 0.1) is 12.7 Å². The molecular formula is C29H27FN4O4S. The molecule has 8 nitrogen and oxygen atoms in total. The fourth-order valence-electron chi connectivity index (χ4n) is 4.46. The predicted octanol–water partition coefficient (Wildman–Crippen LogP) is 5.33. The fourth-order valence-corrected chi connectivity index (χ4v) is 5.52. The number of benzene rings is 3. The third-order valence-corrected chi connectivity index (χ3v) is 7.66. The molecule has 0 aliphatic carbocycles. The number of carbonyl (C=O) groups excluding carboxylic acids is 2. The van der Waals surface area contributed by atoms with Crippen LogP contribution in [0.2, 0.25) is 0 Å². The van der Waals surface area contributed by atoms with Gasteiger partial charge in [-0.05, 0) is 55.0 Å². The minimum Gasteiger partial charge on any atom is -0.497 e. The monoisotopic (exact) mass is 546 g/mol. The van der Waals surface area contributed by atoms with Crippen LogP contribution in [0.25, 0.3) is 0 Å². The Kier molecular flexibility index (Phi) is 7.65. The second-order valence-corrected chi connectivity index (χ2v) is 10.4. The maximum Gasteiger partial charge on any atom is 0.262 e. The molecule has 2 aliphatic heterocycles. The second-order valence-electron chi connectivity index (χ2n) is 9.19. The summed E-state index contributed by atoms with van der Waals surface area (Å²) in [6.45, 7) is 2.02. The molecule has 0 saturated heterocycles. The number of thioether (sulfide) groups is 1. The van der Waals surface area contributed by atoms with Gasteiger partial charge in [-0.1, -0.05) is 41.6 Å². The van der Waals surface area contributed by atoms with Crippen molar-refractivity contribution in [3.05, 3.63) is 89.2 Å². The number of aryl methyl sites for hydroxylation is 1. The van der Waals surface area contributed by atoms with Crippen molar-refractivity contribution >= 4 is 40.1 Å². The van der Waals surface area contributed by atoms with Crippen LogP contribution in [0.4, 0.5) is 10.1 Å².